The molecule has 3 heteroatoms. The predicted molar refractivity (Wildman–Crippen MR) is 102 cm³/mol. The van der Waals surface area contributed by atoms with Gasteiger partial charge in [0.15, 0.2) is 0 Å². The zero-order valence-corrected chi connectivity index (χ0v) is 15.2. The van der Waals surface area contributed by atoms with Crippen LogP contribution in [0.2, 0.25) is 0 Å². The molecule has 0 aromatic heterocycles. The van der Waals surface area contributed by atoms with Gasteiger partial charge >= 0.3 is 0 Å². The van der Waals surface area contributed by atoms with Gasteiger partial charge in [-0.25, -0.2) is 0 Å². The maximum Gasteiger partial charge on any atom is 0.237 e. The lowest BCUT2D eigenvalue weighted by Crippen LogP contribution is -2.45. The molecular formula is C22H28N2O. The van der Waals surface area contributed by atoms with Crippen LogP contribution < -0.4 is 5.32 Å². The number of nitrogens with zero attached hydrogens (tertiary/aromatic N) is 1. The molecule has 3 nitrogen and oxygen atoms in total. The number of carbonyl (C=O) groups is 1. The molecule has 0 radical (unpaired) electrons. The molecule has 0 spiro atoms. The Morgan fingerprint density at radius 1 is 1.16 bits per heavy atom. The fourth-order valence-corrected chi connectivity index (χ4v) is 3.50. The summed E-state index contributed by atoms with van der Waals surface area (Å²) in [6.07, 6.45) is 2.06. The zero-order chi connectivity index (χ0) is 17.6. The minimum Gasteiger partial charge on any atom is -0.330 e. The number of nitrogens with one attached hydrogen (secondary N) is 1. The van der Waals surface area contributed by atoms with E-state index in [1.165, 1.54) is 16.7 Å². The summed E-state index contributed by atoms with van der Waals surface area (Å²) >= 11 is 0. The number of carbonyl (C=O) groups excluding carboxylic acids is 1. The van der Waals surface area contributed by atoms with Gasteiger partial charge in [0.1, 0.15) is 0 Å². The summed E-state index contributed by atoms with van der Waals surface area (Å²) in [6, 6.07) is 18.9. The van der Waals surface area contributed by atoms with Crippen molar-refractivity contribution in [1.29, 1.82) is 0 Å². The predicted octanol–water partition coefficient (Wildman–Crippen LogP) is 3.80. The average Bonchev–Trinajstić information content (AvgIpc) is 2.67. The van der Waals surface area contributed by atoms with E-state index in [-0.39, 0.29) is 11.9 Å². The topological polar surface area (TPSA) is 32.3 Å². The average molecular weight is 336 g/mol. The molecule has 2 atom stereocenters. The van der Waals surface area contributed by atoms with Gasteiger partial charge in [-0.15, -0.1) is 0 Å². The minimum absolute atomic E-state index is 0.0176. The van der Waals surface area contributed by atoms with Gasteiger partial charge in [0, 0.05) is 6.54 Å². The second-order valence-electron chi connectivity index (χ2n) is 6.99. The van der Waals surface area contributed by atoms with Crippen LogP contribution in [-0.2, 0) is 11.2 Å². The third kappa shape index (κ3) is 4.10. The van der Waals surface area contributed by atoms with Gasteiger partial charge in [0.05, 0.1) is 12.6 Å². The first-order valence-electron chi connectivity index (χ1n) is 9.33. The van der Waals surface area contributed by atoms with Crippen molar-refractivity contribution in [3.8, 4) is 0 Å². The van der Waals surface area contributed by atoms with Crippen molar-refractivity contribution >= 4 is 5.91 Å². The molecule has 2 unspecified atom stereocenters. The van der Waals surface area contributed by atoms with Gasteiger partial charge < -0.3 is 10.2 Å². The third-order valence-corrected chi connectivity index (χ3v) is 5.19. The summed E-state index contributed by atoms with van der Waals surface area (Å²) in [4.78, 5) is 15.0. The van der Waals surface area contributed by atoms with E-state index in [1.807, 2.05) is 11.0 Å². The number of rotatable bonds is 6. The molecule has 132 valence electrons. The minimum atomic E-state index is 0.0176. The quantitative estimate of drug-likeness (QED) is 0.870. The van der Waals surface area contributed by atoms with Crippen molar-refractivity contribution in [2.45, 2.75) is 32.7 Å². The first kappa shape index (κ1) is 17.7. The molecule has 0 fully saturated rings. The van der Waals surface area contributed by atoms with E-state index >= 15 is 0 Å². The molecule has 0 saturated heterocycles. The molecule has 1 aliphatic rings. The highest BCUT2D eigenvalue weighted by Crippen LogP contribution is 2.34. The van der Waals surface area contributed by atoms with Crippen LogP contribution in [0.4, 0.5) is 0 Å². The molecule has 1 amide bonds. The van der Waals surface area contributed by atoms with Gasteiger partial charge in [-0.05, 0) is 35.6 Å². The molecule has 2 aromatic carbocycles. The molecule has 25 heavy (non-hydrogen) atoms. The molecule has 0 saturated carbocycles. The Morgan fingerprint density at radius 3 is 2.64 bits per heavy atom. The van der Waals surface area contributed by atoms with Crippen LogP contribution in [0, 0.1) is 5.92 Å². The molecule has 0 bridgehead atoms. The first-order valence-corrected chi connectivity index (χ1v) is 9.33. The van der Waals surface area contributed by atoms with Crippen LogP contribution in [0.3, 0.4) is 0 Å². The van der Waals surface area contributed by atoms with E-state index in [9.17, 15) is 4.79 Å². The highest BCUT2D eigenvalue weighted by atomic mass is 16.2. The normalized spacial score (nSPS) is 17.8. The van der Waals surface area contributed by atoms with Gasteiger partial charge in [-0.1, -0.05) is 74.9 Å². The van der Waals surface area contributed by atoms with Crippen molar-refractivity contribution in [3.63, 3.8) is 0 Å². The van der Waals surface area contributed by atoms with E-state index in [0.29, 0.717) is 12.5 Å². The maximum absolute atomic E-state index is 12.9. The Balaban J connectivity index is 1.82. The summed E-state index contributed by atoms with van der Waals surface area (Å²) in [6.45, 7) is 6.47. The summed E-state index contributed by atoms with van der Waals surface area (Å²) in [7, 11) is 0. The lowest BCUT2D eigenvalue weighted by molar-refractivity contribution is -0.132. The number of amides is 1. The molecule has 1 heterocycles. The summed E-state index contributed by atoms with van der Waals surface area (Å²) in [5.41, 5.74) is 3.80. The van der Waals surface area contributed by atoms with E-state index in [0.717, 1.165) is 25.9 Å². The summed E-state index contributed by atoms with van der Waals surface area (Å²) in [5.74, 6) is 0.784. The van der Waals surface area contributed by atoms with Gasteiger partial charge in [-0.2, -0.15) is 0 Å². The lowest BCUT2D eigenvalue weighted by atomic mass is 9.88. The van der Waals surface area contributed by atoms with Gasteiger partial charge in [0.25, 0.3) is 0 Å². The van der Waals surface area contributed by atoms with Gasteiger partial charge in [-0.3, -0.25) is 4.79 Å². The highest BCUT2D eigenvalue weighted by molar-refractivity contribution is 5.79. The molecule has 0 aliphatic carbocycles. The molecule has 1 aliphatic heterocycles. The van der Waals surface area contributed by atoms with Crippen LogP contribution in [0.15, 0.2) is 54.6 Å². The lowest BCUT2D eigenvalue weighted by Gasteiger charge is -2.38. The van der Waals surface area contributed by atoms with Crippen molar-refractivity contribution in [2.24, 2.45) is 5.92 Å². The second kappa shape index (κ2) is 8.30. The fourth-order valence-electron chi connectivity index (χ4n) is 3.50. The highest BCUT2D eigenvalue weighted by Gasteiger charge is 2.31. The number of benzene rings is 2. The Morgan fingerprint density at radius 2 is 1.88 bits per heavy atom. The van der Waals surface area contributed by atoms with Crippen LogP contribution in [-0.4, -0.2) is 30.4 Å². The van der Waals surface area contributed by atoms with Crippen molar-refractivity contribution in [1.82, 2.24) is 10.2 Å². The molecule has 3 rings (SSSR count). The molecular weight excluding hydrogens is 308 g/mol. The van der Waals surface area contributed by atoms with E-state index in [2.05, 4.69) is 67.7 Å². The van der Waals surface area contributed by atoms with Crippen molar-refractivity contribution < 1.29 is 4.79 Å². The Labute approximate surface area is 151 Å². The SMILES string of the molecule is CCC(C)CNCC(=O)N1CCc2ccccc2C1c1ccccc1. The summed E-state index contributed by atoms with van der Waals surface area (Å²) < 4.78 is 0. The van der Waals surface area contributed by atoms with Crippen LogP contribution in [0.25, 0.3) is 0 Å². The van der Waals surface area contributed by atoms with Crippen molar-refractivity contribution in [3.05, 3.63) is 71.3 Å². The summed E-state index contributed by atoms with van der Waals surface area (Å²) in [5, 5.41) is 3.34. The largest absolute Gasteiger partial charge is 0.330 e. The molecule has 1 N–H and O–H groups in total. The van der Waals surface area contributed by atoms with Crippen LogP contribution >= 0.6 is 0 Å². The monoisotopic (exact) mass is 336 g/mol. The molecule has 2 aromatic rings. The Bertz CT molecular complexity index is 698. The second-order valence-corrected chi connectivity index (χ2v) is 6.99. The van der Waals surface area contributed by atoms with E-state index in [4.69, 9.17) is 0 Å². The first-order chi connectivity index (χ1) is 12.2. The number of hydrogen-bond donors (Lipinski definition) is 1. The standard InChI is InChI=1S/C22H28N2O/c1-3-17(2)15-23-16-21(25)24-14-13-18-9-7-8-12-20(18)22(24)19-10-5-4-6-11-19/h4-12,17,22-23H,3,13-16H2,1-2H3. The Hall–Kier alpha value is -2.13. The third-order valence-electron chi connectivity index (χ3n) is 5.19. The van der Waals surface area contributed by atoms with Crippen LogP contribution in [0.1, 0.15) is 43.0 Å². The Kier molecular flexibility index (Phi) is 5.87. The maximum atomic E-state index is 12.9. The van der Waals surface area contributed by atoms with Gasteiger partial charge in [0.2, 0.25) is 5.91 Å². The number of fused-ring (bicyclic) bond motifs is 1. The number of hydrogen-bond acceptors (Lipinski definition) is 2. The smallest absolute Gasteiger partial charge is 0.237 e. The van der Waals surface area contributed by atoms with Crippen LogP contribution in [0.5, 0.6) is 0 Å². The van der Waals surface area contributed by atoms with Crippen molar-refractivity contribution in [2.75, 3.05) is 19.6 Å². The van der Waals surface area contributed by atoms with E-state index in [1.54, 1.807) is 0 Å². The zero-order valence-electron chi connectivity index (χ0n) is 15.2. The fraction of sp³-hybridized carbons (Fsp3) is 0.409. The van der Waals surface area contributed by atoms with E-state index < -0.39 is 0 Å².